The largest absolute Gasteiger partial charge is 0.338 e. The summed E-state index contributed by atoms with van der Waals surface area (Å²) < 4.78 is 0. The highest BCUT2D eigenvalue weighted by Gasteiger charge is 2.14. The number of aldehydes is 1. The molecule has 1 unspecified atom stereocenters. The average molecular weight is 184 g/mol. The molecule has 0 aromatic carbocycles. The van der Waals surface area contributed by atoms with Crippen LogP contribution in [-0.4, -0.2) is 38.0 Å². The van der Waals surface area contributed by atoms with Crippen molar-refractivity contribution in [3.63, 3.8) is 0 Å². The van der Waals surface area contributed by atoms with E-state index in [0.29, 0.717) is 6.54 Å². The number of amides is 1. The van der Waals surface area contributed by atoms with Crippen molar-refractivity contribution in [2.45, 2.75) is 19.0 Å². The zero-order chi connectivity index (χ0) is 9.52. The van der Waals surface area contributed by atoms with E-state index >= 15 is 0 Å². The molecule has 13 heavy (non-hydrogen) atoms. The second-order valence-electron chi connectivity index (χ2n) is 2.90. The number of nitrogens with one attached hydrogen (secondary N) is 2. The molecule has 0 aromatic heterocycles. The van der Waals surface area contributed by atoms with Crippen LogP contribution in [0.25, 0.3) is 0 Å². The summed E-state index contributed by atoms with van der Waals surface area (Å²) in [5.74, 6) is -0.107. The van der Waals surface area contributed by atoms with E-state index in [1.165, 1.54) is 0 Å². The van der Waals surface area contributed by atoms with Crippen LogP contribution in [0.3, 0.4) is 0 Å². The minimum absolute atomic E-state index is 0.107. The summed E-state index contributed by atoms with van der Waals surface area (Å²) >= 11 is 0. The lowest BCUT2D eigenvalue weighted by molar-refractivity contribution is -0.123. The summed E-state index contributed by atoms with van der Waals surface area (Å²) in [6.45, 7) is 2.30. The van der Waals surface area contributed by atoms with Gasteiger partial charge in [-0.05, 0) is 0 Å². The molecule has 1 radical (unpaired) electrons. The molecule has 5 heteroatoms. The Kier molecular flexibility index (Phi) is 4.42. The molecular weight excluding hydrogens is 170 g/mol. The highest BCUT2D eigenvalue weighted by Crippen LogP contribution is 1.89. The molecule has 1 rings (SSSR count). The van der Waals surface area contributed by atoms with Crippen molar-refractivity contribution in [2.24, 2.45) is 0 Å². The minimum atomic E-state index is -0.118. The highest BCUT2D eigenvalue weighted by atomic mass is 16.2. The summed E-state index contributed by atoms with van der Waals surface area (Å²) in [5.41, 5.74) is 0. The summed E-state index contributed by atoms with van der Waals surface area (Å²) in [4.78, 5) is 21.1. The molecule has 1 fully saturated rings. The lowest BCUT2D eigenvalue weighted by Crippen LogP contribution is -2.53. The minimum Gasteiger partial charge on any atom is -0.338 e. The summed E-state index contributed by atoms with van der Waals surface area (Å²) in [5, 5.41) is 10.0. The summed E-state index contributed by atoms with van der Waals surface area (Å²) in [7, 11) is 0. The molecule has 5 nitrogen and oxygen atoms in total. The van der Waals surface area contributed by atoms with Gasteiger partial charge in [-0.3, -0.25) is 4.79 Å². The van der Waals surface area contributed by atoms with Crippen LogP contribution in [0.2, 0.25) is 0 Å². The Bertz CT molecular complexity index is 178. The van der Waals surface area contributed by atoms with Crippen LogP contribution >= 0.6 is 0 Å². The number of hydrogen-bond acceptors (Lipinski definition) is 3. The van der Waals surface area contributed by atoms with Crippen LogP contribution in [0.1, 0.15) is 12.8 Å². The molecule has 0 spiro atoms. The standard InChI is InChI=1S/C8H14N3O2/c12-5-1-2-8(13)11-7-6-9-3-4-10-7/h5,7,9H,1-4,6H2,(H,11,13). The molecule has 0 aromatic rings. The Morgan fingerprint density at radius 1 is 1.69 bits per heavy atom. The van der Waals surface area contributed by atoms with Gasteiger partial charge in [-0.25, -0.2) is 5.32 Å². The van der Waals surface area contributed by atoms with E-state index in [2.05, 4.69) is 16.0 Å². The maximum Gasteiger partial charge on any atom is 0.221 e. The number of carbonyl (C=O) groups excluding carboxylic acids is 2. The Labute approximate surface area is 77.3 Å². The third kappa shape index (κ3) is 4.00. The second-order valence-corrected chi connectivity index (χ2v) is 2.90. The molecule has 1 aliphatic heterocycles. The molecule has 1 saturated heterocycles. The van der Waals surface area contributed by atoms with E-state index in [4.69, 9.17) is 0 Å². The third-order valence-electron chi connectivity index (χ3n) is 1.79. The Balaban J connectivity index is 2.14. The molecule has 1 amide bonds. The first-order valence-corrected chi connectivity index (χ1v) is 4.43. The van der Waals surface area contributed by atoms with Gasteiger partial charge in [0.15, 0.2) is 0 Å². The van der Waals surface area contributed by atoms with Crippen molar-refractivity contribution in [1.29, 1.82) is 0 Å². The first-order valence-electron chi connectivity index (χ1n) is 4.43. The van der Waals surface area contributed by atoms with Crippen LogP contribution < -0.4 is 16.0 Å². The molecule has 0 aliphatic carbocycles. The maximum absolute atomic E-state index is 11.1. The Hall–Kier alpha value is -0.940. The quantitative estimate of drug-likeness (QED) is 0.529. The fourth-order valence-electron chi connectivity index (χ4n) is 1.15. The molecule has 0 bridgehead atoms. The van der Waals surface area contributed by atoms with Crippen molar-refractivity contribution in [2.75, 3.05) is 19.6 Å². The molecule has 73 valence electrons. The molecule has 0 saturated carbocycles. The van der Waals surface area contributed by atoms with Gasteiger partial charge in [0.2, 0.25) is 5.91 Å². The Morgan fingerprint density at radius 3 is 3.15 bits per heavy atom. The van der Waals surface area contributed by atoms with Gasteiger partial charge in [-0.2, -0.15) is 0 Å². The zero-order valence-electron chi connectivity index (χ0n) is 7.45. The first kappa shape index (κ1) is 10.1. The van der Waals surface area contributed by atoms with Crippen molar-refractivity contribution < 1.29 is 9.59 Å². The van der Waals surface area contributed by atoms with Crippen LogP contribution in [0.15, 0.2) is 0 Å². The SMILES string of the molecule is O=CCCC(=O)NC1CNCC[N]1. The number of rotatable bonds is 4. The van der Waals surface area contributed by atoms with E-state index < -0.39 is 0 Å². The van der Waals surface area contributed by atoms with Crippen LogP contribution in [0, 0.1) is 0 Å². The average Bonchev–Trinajstić information content (AvgIpc) is 2.16. The summed E-state index contributed by atoms with van der Waals surface area (Å²) in [6, 6.07) is 0. The van der Waals surface area contributed by atoms with Crippen molar-refractivity contribution in [1.82, 2.24) is 16.0 Å². The van der Waals surface area contributed by atoms with E-state index in [0.717, 1.165) is 19.4 Å². The smallest absolute Gasteiger partial charge is 0.221 e. The van der Waals surface area contributed by atoms with Gasteiger partial charge in [-0.15, -0.1) is 0 Å². The van der Waals surface area contributed by atoms with Gasteiger partial charge in [0.1, 0.15) is 12.5 Å². The number of piperazine rings is 1. The fourth-order valence-corrected chi connectivity index (χ4v) is 1.15. The molecule has 1 heterocycles. The molecule has 1 atom stereocenters. The van der Waals surface area contributed by atoms with Gasteiger partial charge >= 0.3 is 0 Å². The lowest BCUT2D eigenvalue weighted by Gasteiger charge is -2.23. The molecule has 2 N–H and O–H groups in total. The van der Waals surface area contributed by atoms with E-state index in [1.807, 2.05) is 0 Å². The topological polar surface area (TPSA) is 72.3 Å². The Morgan fingerprint density at radius 2 is 2.54 bits per heavy atom. The van der Waals surface area contributed by atoms with E-state index in [1.54, 1.807) is 0 Å². The third-order valence-corrected chi connectivity index (χ3v) is 1.79. The van der Waals surface area contributed by atoms with Gasteiger partial charge < -0.3 is 15.4 Å². The van der Waals surface area contributed by atoms with Gasteiger partial charge in [-0.1, -0.05) is 0 Å². The normalized spacial score (nSPS) is 22.3. The number of hydrogen-bond donors (Lipinski definition) is 2. The van der Waals surface area contributed by atoms with Crippen molar-refractivity contribution >= 4 is 12.2 Å². The fraction of sp³-hybridized carbons (Fsp3) is 0.750. The van der Waals surface area contributed by atoms with Crippen molar-refractivity contribution in [3.05, 3.63) is 0 Å². The second kappa shape index (κ2) is 5.66. The predicted octanol–water partition coefficient (Wildman–Crippen LogP) is -1.38. The van der Waals surface area contributed by atoms with Gasteiger partial charge in [0, 0.05) is 32.5 Å². The lowest BCUT2D eigenvalue weighted by atomic mass is 10.3. The first-order chi connectivity index (χ1) is 6.33. The highest BCUT2D eigenvalue weighted by molar-refractivity contribution is 5.78. The predicted molar refractivity (Wildman–Crippen MR) is 47.1 cm³/mol. The number of nitrogens with zero attached hydrogens (tertiary/aromatic N) is 1. The van der Waals surface area contributed by atoms with Gasteiger partial charge in [0.25, 0.3) is 0 Å². The number of carbonyl (C=O) groups is 2. The monoisotopic (exact) mass is 184 g/mol. The molecule has 1 aliphatic rings. The van der Waals surface area contributed by atoms with E-state index in [-0.39, 0.29) is 24.9 Å². The molecular formula is C8H14N3O2. The van der Waals surface area contributed by atoms with Crippen molar-refractivity contribution in [3.8, 4) is 0 Å². The van der Waals surface area contributed by atoms with Crippen LogP contribution in [0.5, 0.6) is 0 Å². The maximum atomic E-state index is 11.1. The van der Waals surface area contributed by atoms with E-state index in [9.17, 15) is 9.59 Å². The summed E-state index contributed by atoms with van der Waals surface area (Å²) in [6.07, 6.45) is 1.17. The van der Waals surface area contributed by atoms with Gasteiger partial charge in [0.05, 0.1) is 0 Å². The van der Waals surface area contributed by atoms with Crippen LogP contribution in [0.4, 0.5) is 0 Å². The van der Waals surface area contributed by atoms with Crippen LogP contribution in [-0.2, 0) is 9.59 Å². The zero-order valence-corrected chi connectivity index (χ0v) is 7.45.